The number of benzene rings is 2. The molecule has 3 aromatic rings. The van der Waals surface area contributed by atoms with Gasteiger partial charge in [-0.05, 0) is 47.4 Å². The molecule has 1 aliphatic heterocycles. The Kier molecular flexibility index (Phi) is 4.65. The first-order valence-electron chi connectivity index (χ1n) is 8.82. The smallest absolute Gasteiger partial charge is 0.257 e. The van der Waals surface area contributed by atoms with E-state index in [9.17, 15) is 4.79 Å². The summed E-state index contributed by atoms with van der Waals surface area (Å²) in [5.74, 6) is 0.696. The number of rotatable bonds is 4. The molecule has 0 aliphatic carbocycles. The average Bonchev–Trinajstić information content (AvgIpc) is 2.86. The van der Waals surface area contributed by atoms with Crippen LogP contribution in [0.5, 0.6) is 5.75 Å². The molecule has 4 heteroatoms. The van der Waals surface area contributed by atoms with Gasteiger partial charge in [-0.15, -0.1) is 0 Å². The van der Waals surface area contributed by atoms with Crippen LogP contribution < -0.4 is 4.74 Å². The molecule has 0 unspecified atom stereocenters. The number of nitrogens with zero attached hydrogens (tertiary/aromatic N) is 2. The van der Waals surface area contributed by atoms with Gasteiger partial charge in [0.1, 0.15) is 12.4 Å². The summed E-state index contributed by atoms with van der Waals surface area (Å²) in [5, 5.41) is 0. The number of fused-ring (bicyclic) bond motifs is 1. The molecule has 130 valence electrons. The van der Waals surface area contributed by atoms with Gasteiger partial charge in [0.05, 0.1) is 12.1 Å². The van der Waals surface area contributed by atoms with Crippen LogP contribution in [0.4, 0.5) is 0 Å². The Labute approximate surface area is 153 Å². The topological polar surface area (TPSA) is 42.4 Å². The molecule has 0 atom stereocenters. The molecule has 0 N–H and O–H groups in total. The summed E-state index contributed by atoms with van der Waals surface area (Å²) in [6.45, 7) is 1.80. The molecule has 1 aliphatic rings. The van der Waals surface area contributed by atoms with Gasteiger partial charge in [0.15, 0.2) is 0 Å². The number of hydrogen-bond acceptors (Lipinski definition) is 3. The summed E-state index contributed by atoms with van der Waals surface area (Å²) in [6.07, 6.45) is 4.37. The lowest BCUT2D eigenvalue weighted by Gasteiger charge is -2.20. The van der Waals surface area contributed by atoms with E-state index in [0.717, 1.165) is 17.5 Å². The van der Waals surface area contributed by atoms with Crippen LogP contribution in [0.2, 0.25) is 0 Å². The van der Waals surface area contributed by atoms with Gasteiger partial charge in [0.2, 0.25) is 0 Å². The van der Waals surface area contributed by atoms with E-state index in [1.165, 1.54) is 5.56 Å². The third kappa shape index (κ3) is 3.45. The Hall–Kier alpha value is -3.14. The summed E-state index contributed by atoms with van der Waals surface area (Å²) in [7, 11) is 0. The summed E-state index contributed by atoms with van der Waals surface area (Å²) in [5.41, 5.74) is 3.95. The Bertz CT molecular complexity index is 895. The summed E-state index contributed by atoms with van der Waals surface area (Å²) in [4.78, 5) is 18.9. The van der Waals surface area contributed by atoms with Crippen molar-refractivity contribution in [2.75, 3.05) is 19.7 Å². The van der Waals surface area contributed by atoms with Gasteiger partial charge >= 0.3 is 0 Å². The maximum absolute atomic E-state index is 12.9. The SMILES string of the molecule is O=C1c2ccc(-c3ccncc3)cc2OCCN1CCc1ccccc1. The summed E-state index contributed by atoms with van der Waals surface area (Å²) < 4.78 is 5.89. The third-order valence-electron chi connectivity index (χ3n) is 4.64. The highest BCUT2D eigenvalue weighted by Gasteiger charge is 2.23. The second-order valence-electron chi connectivity index (χ2n) is 6.32. The molecule has 0 bridgehead atoms. The number of carbonyl (C=O) groups excluding carboxylic acids is 1. The van der Waals surface area contributed by atoms with Gasteiger partial charge in [-0.25, -0.2) is 0 Å². The maximum atomic E-state index is 12.9. The Morgan fingerprint density at radius 3 is 2.58 bits per heavy atom. The monoisotopic (exact) mass is 344 g/mol. The molecule has 0 fully saturated rings. The highest BCUT2D eigenvalue weighted by molar-refractivity contribution is 5.98. The second kappa shape index (κ2) is 7.40. The zero-order valence-corrected chi connectivity index (χ0v) is 14.5. The molecule has 4 nitrogen and oxygen atoms in total. The fraction of sp³-hybridized carbons (Fsp3) is 0.182. The number of aromatic nitrogens is 1. The molecule has 26 heavy (non-hydrogen) atoms. The minimum Gasteiger partial charge on any atom is -0.491 e. The Balaban J connectivity index is 1.54. The Morgan fingerprint density at radius 2 is 1.77 bits per heavy atom. The molecular weight excluding hydrogens is 324 g/mol. The third-order valence-corrected chi connectivity index (χ3v) is 4.64. The molecule has 1 aromatic heterocycles. The van der Waals surface area contributed by atoms with Crippen molar-refractivity contribution in [1.82, 2.24) is 9.88 Å². The largest absolute Gasteiger partial charge is 0.491 e. The summed E-state index contributed by atoms with van der Waals surface area (Å²) >= 11 is 0. The van der Waals surface area contributed by atoms with E-state index < -0.39 is 0 Å². The quantitative estimate of drug-likeness (QED) is 0.722. The first kappa shape index (κ1) is 16.3. The van der Waals surface area contributed by atoms with E-state index in [1.54, 1.807) is 12.4 Å². The van der Waals surface area contributed by atoms with Crippen molar-refractivity contribution in [3.63, 3.8) is 0 Å². The molecule has 0 saturated heterocycles. The van der Waals surface area contributed by atoms with Crippen molar-refractivity contribution >= 4 is 5.91 Å². The van der Waals surface area contributed by atoms with Gasteiger partial charge < -0.3 is 9.64 Å². The maximum Gasteiger partial charge on any atom is 0.257 e. The lowest BCUT2D eigenvalue weighted by Crippen LogP contribution is -2.34. The lowest BCUT2D eigenvalue weighted by molar-refractivity contribution is 0.0757. The fourth-order valence-corrected chi connectivity index (χ4v) is 3.20. The van der Waals surface area contributed by atoms with Crippen LogP contribution >= 0.6 is 0 Å². The molecule has 2 aromatic carbocycles. The van der Waals surface area contributed by atoms with Gasteiger partial charge in [-0.2, -0.15) is 0 Å². The minimum atomic E-state index is 0.0368. The number of hydrogen-bond donors (Lipinski definition) is 0. The van der Waals surface area contributed by atoms with Crippen molar-refractivity contribution in [2.45, 2.75) is 6.42 Å². The van der Waals surface area contributed by atoms with Crippen LogP contribution in [0.25, 0.3) is 11.1 Å². The van der Waals surface area contributed by atoms with Gasteiger partial charge in [0.25, 0.3) is 5.91 Å². The standard InChI is InChI=1S/C22H20N2O2/c25-22-20-7-6-19(18-8-11-23-12-9-18)16-21(20)26-15-14-24(22)13-10-17-4-2-1-3-5-17/h1-9,11-12,16H,10,13-15H2. The van der Waals surface area contributed by atoms with Crippen molar-refractivity contribution in [2.24, 2.45) is 0 Å². The van der Waals surface area contributed by atoms with Gasteiger partial charge in [-0.3, -0.25) is 9.78 Å². The van der Waals surface area contributed by atoms with Crippen LogP contribution in [-0.4, -0.2) is 35.5 Å². The molecule has 4 rings (SSSR count). The molecule has 1 amide bonds. The fourth-order valence-electron chi connectivity index (χ4n) is 3.20. The normalized spacial score (nSPS) is 13.7. The predicted octanol–water partition coefficient (Wildman–Crippen LogP) is 3.83. The van der Waals surface area contributed by atoms with Crippen molar-refractivity contribution in [1.29, 1.82) is 0 Å². The van der Waals surface area contributed by atoms with Crippen molar-refractivity contribution in [3.05, 3.63) is 84.2 Å². The minimum absolute atomic E-state index is 0.0368. The van der Waals surface area contributed by atoms with Gasteiger partial charge in [-0.1, -0.05) is 36.4 Å². The van der Waals surface area contributed by atoms with Crippen LogP contribution in [-0.2, 0) is 6.42 Å². The van der Waals surface area contributed by atoms with Crippen LogP contribution in [0.15, 0.2) is 73.1 Å². The molecular formula is C22H20N2O2. The zero-order chi connectivity index (χ0) is 17.8. The zero-order valence-electron chi connectivity index (χ0n) is 14.5. The molecule has 0 spiro atoms. The van der Waals surface area contributed by atoms with Crippen LogP contribution in [0.3, 0.4) is 0 Å². The Morgan fingerprint density at radius 1 is 0.962 bits per heavy atom. The van der Waals surface area contributed by atoms with E-state index in [4.69, 9.17) is 4.74 Å². The van der Waals surface area contributed by atoms with E-state index in [2.05, 4.69) is 17.1 Å². The first-order valence-corrected chi connectivity index (χ1v) is 8.82. The molecule has 0 radical (unpaired) electrons. The van der Waals surface area contributed by atoms with E-state index in [-0.39, 0.29) is 5.91 Å². The average molecular weight is 344 g/mol. The van der Waals surface area contributed by atoms with Crippen molar-refractivity contribution in [3.8, 4) is 16.9 Å². The van der Waals surface area contributed by atoms with Crippen LogP contribution in [0.1, 0.15) is 15.9 Å². The van der Waals surface area contributed by atoms with E-state index in [0.29, 0.717) is 31.0 Å². The lowest BCUT2D eigenvalue weighted by atomic mass is 10.0. The number of ether oxygens (including phenoxy) is 1. The first-order chi connectivity index (χ1) is 12.8. The highest BCUT2D eigenvalue weighted by atomic mass is 16.5. The second-order valence-corrected chi connectivity index (χ2v) is 6.32. The summed E-state index contributed by atoms with van der Waals surface area (Å²) in [6, 6.07) is 19.9. The van der Waals surface area contributed by atoms with Crippen LogP contribution in [0, 0.1) is 0 Å². The number of pyridine rings is 1. The van der Waals surface area contributed by atoms with Crippen molar-refractivity contribution < 1.29 is 9.53 Å². The van der Waals surface area contributed by atoms with E-state index in [1.807, 2.05) is 53.4 Å². The number of amides is 1. The van der Waals surface area contributed by atoms with E-state index >= 15 is 0 Å². The molecule has 2 heterocycles. The molecule has 0 saturated carbocycles. The highest BCUT2D eigenvalue weighted by Crippen LogP contribution is 2.29. The number of carbonyl (C=O) groups is 1. The predicted molar refractivity (Wildman–Crippen MR) is 101 cm³/mol. The van der Waals surface area contributed by atoms with Gasteiger partial charge in [0, 0.05) is 18.9 Å².